The maximum atomic E-state index is 12.2. The Morgan fingerprint density at radius 3 is 2.28 bits per heavy atom. The van der Waals surface area contributed by atoms with Gasteiger partial charge in [0, 0.05) is 6.61 Å². The van der Waals surface area contributed by atoms with E-state index in [-0.39, 0.29) is 18.2 Å². The molecule has 1 saturated carbocycles. The first-order valence-electron chi connectivity index (χ1n) is 17.6. The average molecular weight is 583 g/mol. The van der Waals surface area contributed by atoms with Gasteiger partial charge in [-0.25, -0.2) is 0 Å². The number of hydrogen-bond acceptors (Lipinski definition) is 3. The molecule has 0 aliphatic heterocycles. The van der Waals surface area contributed by atoms with Crippen molar-refractivity contribution in [2.24, 2.45) is 29.6 Å². The number of unbranched alkanes of at least 4 members (excludes halogenated alkanes) is 4. The molecular weight excluding hydrogens is 528 g/mol. The van der Waals surface area contributed by atoms with Crippen LogP contribution in [0, 0.1) is 29.6 Å². The third kappa shape index (κ3) is 8.56. The first-order valence-corrected chi connectivity index (χ1v) is 17.6. The summed E-state index contributed by atoms with van der Waals surface area (Å²) < 4.78 is 0. The summed E-state index contributed by atoms with van der Waals surface area (Å²) in [5.41, 5.74) is 4.41. The van der Waals surface area contributed by atoms with E-state index in [0.29, 0.717) is 18.3 Å². The van der Waals surface area contributed by atoms with Crippen LogP contribution in [-0.4, -0.2) is 23.3 Å². The summed E-state index contributed by atoms with van der Waals surface area (Å²) in [7, 11) is 0. The van der Waals surface area contributed by atoms with Crippen LogP contribution in [0.2, 0.25) is 0 Å². The van der Waals surface area contributed by atoms with Gasteiger partial charge in [0.05, 0.1) is 5.92 Å². The Bertz CT molecular complexity index is 1260. The summed E-state index contributed by atoms with van der Waals surface area (Å²) in [5, 5.41) is 11.9. The maximum absolute atomic E-state index is 12.2. The predicted octanol–water partition coefficient (Wildman–Crippen LogP) is 9.84. The van der Waals surface area contributed by atoms with Crippen molar-refractivity contribution in [2.45, 2.75) is 116 Å². The molecule has 0 radical (unpaired) electrons. The Morgan fingerprint density at radius 1 is 0.791 bits per heavy atom. The van der Waals surface area contributed by atoms with E-state index in [1.54, 1.807) is 0 Å². The van der Waals surface area contributed by atoms with Gasteiger partial charge in [0.15, 0.2) is 11.6 Å². The smallest absolute Gasteiger partial charge is 0.166 e. The first-order chi connectivity index (χ1) is 21.1. The molecule has 0 bridgehead atoms. The molecule has 232 valence electrons. The van der Waals surface area contributed by atoms with Crippen LogP contribution in [-0.2, 0) is 16.0 Å². The van der Waals surface area contributed by atoms with Crippen molar-refractivity contribution in [2.75, 3.05) is 6.61 Å². The van der Waals surface area contributed by atoms with Gasteiger partial charge >= 0.3 is 0 Å². The van der Waals surface area contributed by atoms with E-state index >= 15 is 0 Å². The Morgan fingerprint density at radius 2 is 1.56 bits per heavy atom. The summed E-state index contributed by atoms with van der Waals surface area (Å²) in [5.74, 6) is 2.53. The van der Waals surface area contributed by atoms with Gasteiger partial charge in [-0.1, -0.05) is 75.4 Å². The quantitative estimate of drug-likeness (QED) is 0.168. The number of rotatable bonds is 15. The monoisotopic (exact) mass is 582 g/mol. The van der Waals surface area contributed by atoms with Crippen molar-refractivity contribution < 1.29 is 14.7 Å². The van der Waals surface area contributed by atoms with Crippen LogP contribution in [0.4, 0.5) is 0 Å². The number of aliphatic hydroxyl groups is 1. The number of carbonyl (C=O) groups excluding carboxylic acids is 2. The van der Waals surface area contributed by atoms with Crippen LogP contribution in [0.1, 0.15) is 121 Å². The van der Waals surface area contributed by atoms with Crippen molar-refractivity contribution in [1.82, 2.24) is 0 Å². The van der Waals surface area contributed by atoms with Gasteiger partial charge in [-0.2, -0.15) is 0 Å². The standard InChI is InChI=1S/C40H54O3/c1-2-3-5-8-29-10-11-37-28-36(21-20-35(37)27-29)34-18-16-33(17-19-34)32-14-12-31(13-15-32)30(9-6-4-7-26-41)22-23-38-39(42)24-25-40(38)43/h10-11,18,20-21,24-25,27-28,30-33,38,41H,2-9,12-17,19,22-23,26H2,1H3. The Balaban J connectivity index is 1.13. The van der Waals surface area contributed by atoms with Crippen molar-refractivity contribution in [3.63, 3.8) is 0 Å². The molecule has 2 unspecified atom stereocenters. The largest absolute Gasteiger partial charge is 0.396 e. The molecule has 0 saturated heterocycles. The zero-order chi connectivity index (χ0) is 30.0. The van der Waals surface area contributed by atoms with Crippen LogP contribution in [0.25, 0.3) is 16.3 Å². The molecule has 0 aromatic heterocycles. The summed E-state index contributed by atoms with van der Waals surface area (Å²) in [4.78, 5) is 24.3. The lowest BCUT2D eigenvalue weighted by molar-refractivity contribution is -0.126. The molecule has 0 amide bonds. The fourth-order valence-corrected chi connectivity index (χ4v) is 8.38. The number of aryl methyl sites for hydroxylation is 1. The zero-order valence-corrected chi connectivity index (χ0v) is 26.6. The van der Waals surface area contributed by atoms with E-state index in [2.05, 4.69) is 49.4 Å². The van der Waals surface area contributed by atoms with Gasteiger partial charge < -0.3 is 5.11 Å². The topological polar surface area (TPSA) is 54.4 Å². The van der Waals surface area contributed by atoms with Crippen LogP contribution in [0.15, 0.2) is 54.6 Å². The molecular formula is C40H54O3. The molecule has 1 fully saturated rings. The van der Waals surface area contributed by atoms with E-state index in [0.717, 1.165) is 37.5 Å². The van der Waals surface area contributed by atoms with E-state index in [1.165, 1.54) is 117 Å². The van der Waals surface area contributed by atoms with Crippen molar-refractivity contribution in [3.05, 3.63) is 65.8 Å². The van der Waals surface area contributed by atoms with E-state index in [4.69, 9.17) is 0 Å². The van der Waals surface area contributed by atoms with Crippen molar-refractivity contribution in [1.29, 1.82) is 0 Å². The summed E-state index contributed by atoms with van der Waals surface area (Å²) >= 11 is 0. The number of aliphatic hydroxyl groups excluding tert-OH is 1. The van der Waals surface area contributed by atoms with Gasteiger partial charge in [0.1, 0.15) is 0 Å². The van der Waals surface area contributed by atoms with Crippen LogP contribution in [0.5, 0.6) is 0 Å². The van der Waals surface area contributed by atoms with E-state index in [1.807, 2.05) is 0 Å². The molecule has 0 spiro atoms. The zero-order valence-electron chi connectivity index (χ0n) is 26.6. The minimum Gasteiger partial charge on any atom is -0.396 e. The average Bonchev–Trinajstić information content (AvgIpc) is 3.37. The molecule has 2 aromatic rings. The Labute approximate surface area is 260 Å². The number of allylic oxidation sites excluding steroid dienone is 4. The Hall–Kier alpha value is -2.52. The lowest BCUT2D eigenvalue weighted by Gasteiger charge is -2.38. The normalized spacial score (nSPS) is 23.7. The summed E-state index contributed by atoms with van der Waals surface area (Å²) in [6.07, 6.45) is 25.4. The second-order valence-corrected chi connectivity index (χ2v) is 13.9. The van der Waals surface area contributed by atoms with E-state index in [9.17, 15) is 14.7 Å². The number of hydrogen-bond donors (Lipinski definition) is 1. The number of ketones is 2. The van der Waals surface area contributed by atoms with Crippen LogP contribution in [0.3, 0.4) is 0 Å². The third-order valence-corrected chi connectivity index (χ3v) is 11.1. The maximum Gasteiger partial charge on any atom is 0.166 e. The minimum atomic E-state index is -0.421. The second-order valence-electron chi connectivity index (χ2n) is 13.9. The van der Waals surface area contributed by atoms with Gasteiger partial charge in [-0.3, -0.25) is 9.59 Å². The highest BCUT2D eigenvalue weighted by molar-refractivity contribution is 6.18. The molecule has 3 nitrogen and oxygen atoms in total. The summed E-state index contributed by atoms with van der Waals surface area (Å²) in [6.45, 7) is 2.54. The fourth-order valence-electron chi connectivity index (χ4n) is 8.38. The van der Waals surface area contributed by atoms with Gasteiger partial charge in [0.25, 0.3) is 0 Å². The predicted molar refractivity (Wildman–Crippen MR) is 179 cm³/mol. The third-order valence-electron chi connectivity index (χ3n) is 11.1. The Kier molecular flexibility index (Phi) is 11.9. The van der Waals surface area contributed by atoms with Crippen LogP contribution < -0.4 is 0 Å². The fraction of sp³-hybridized carbons (Fsp3) is 0.600. The van der Waals surface area contributed by atoms with Crippen molar-refractivity contribution >= 4 is 27.9 Å². The molecule has 2 atom stereocenters. The van der Waals surface area contributed by atoms with Gasteiger partial charge in [-0.05, 0) is 146 Å². The molecule has 2 aromatic carbocycles. The number of benzene rings is 2. The molecule has 3 aliphatic carbocycles. The molecule has 0 heterocycles. The molecule has 5 rings (SSSR count). The minimum absolute atomic E-state index is 0.00749. The molecule has 3 aliphatic rings. The van der Waals surface area contributed by atoms with E-state index < -0.39 is 5.92 Å². The van der Waals surface area contributed by atoms with Gasteiger partial charge in [-0.15, -0.1) is 0 Å². The number of carbonyl (C=O) groups is 2. The van der Waals surface area contributed by atoms with Crippen molar-refractivity contribution in [3.8, 4) is 0 Å². The molecule has 3 heteroatoms. The molecule has 43 heavy (non-hydrogen) atoms. The lowest BCUT2D eigenvalue weighted by atomic mass is 9.67. The van der Waals surface area contributed by atoms with Crippen LogP contribution >= 0.6 is 0 Å². The highest BCUT2D eigenvalue weighted by Gasteiger charge is 2.34. The second kappa shape index (κ2) is 16.0. The number of fused-ring (bicyclic) bond motifs is 1. The summed E-state index contributed by atoms with van der Waals surface area (Å²) in [6, 6.07) is 14.1. The highest BCUT2D eigenvalue weighted by atomic mass is 16.3. The lowest BCUT2D eigenvalue weighted by Crippen LogP contribution is -2.27. The van der Waals surface area contributed by atoms with Gasteiger partial charge in [0.2, 0.25) is 0 Å². The molecule has 1 N–H and O–H groups in total. The first kappa shape index (κ1) is 31.9. The SMILES string of the molecule is CCCCCc1ccc2cc(C3=CCC(C4CCC(C(CCCCCO)CCC5C(=O)C=CC5=O)CC4)CC3)ccc2c1. The highest BCUT2D eigenvalue weighted by Crippen LogP contribution is 2.45.